The number of hydrogen-bond acceptors (Lipinski definition) is 5. The molecular weight excluding hydrogens is 240 g/mol. The van der Waals surface area contributed by atoms with Gasteiger partial charge in [-0.1, -0.05) is 19.1 Å². The third kappa shape index (κ3) is 2.33. The molecule has 2 N–H and O–H groups in total. The molecule has 1 unspecified atom stereocenters. The first kappa shape index (κ1) is 12.2. The molecule has 5 nitrogen and oxygen atoms in total. The smallest absolute Gasteiger partial charge is 0.172 e. The van der Waals surface area contributed by atoms with Gasteiger partial charge in [-0.05, 0) is 18.6 Å². The first-order valence-corrected chi connectivity index (χ1v) is 6.66. The monoisotopic (exact) mass is 258 g/mol. The van der Waals surface area contributed by atoms with Crippen molar-refractivity contribution in [3.63, 3.8) is 0 Å². The topological polar surface area (TPSA) is 64.3 Å². The summed E-state index contributed by atoms with van der Waals surface area (Å²) >= 11 is 0. The zero-order chi connectivity index (χ0) is 13.2. The van der Waals surface area contributed by atoms with Crippen LogP contribution >= 0.6 is 0 Å². The van der Waals surface area contributed by atoms with Gasteiger partial charge >= 0.3 is 0 Å². The average molecular weight is 258 g/mol. The molecule has 5 heteroatoms. The molecule has 0 bridgehead atoms. The van der Waals surface area contributed by atoms with Gasteiger partial charge in [-0.3, -0.25) is 0 Å². The van der Waals surface area contributed by atoms with E-state index < -0.39 is 0 Å². The van der Waals surface area contributed by atoms with E-state index in [-0.39, 0.29) is 6.10 Å². The molecule has 1 aromatic carbocycles. The molecule has 0 radical (unpaired) electrons. The molecule has 3 rings (SSSR count). The molecule has 2 heterocycles. The highest BCUT2D eigenvalue weighted by molar-refractivity contribution is 5.79. The largest absolute Gasteiger partial charge is 0.381 e. The first-order chi connectivity index (χ1) is 9.28. The number of benzene rings is 1. The van der Waals surface area contributed by atoms with E-state index in [4.69, 9.17) is 10.5 Å². The third-order valence-corrected chi connectivity index (χ3v) is 3.47. The predicted molar refractivity (Wildman–Crippen MR) is 76.2 cm³/mol. The number of fused-ring (bicyclic) bond motifs is 1. The Balaban J connectivity index is 1.97. The quantitative estimate of drug-likeness (QED) is 0.890. The molecule has 1 atom stereocenters. The van der Waals surface area contributed by atoms with Gasteiger partial charge < -0.3 is 15.4 Å². The minimum Gasteiger partial charge on any atom is -0.381 e. The predicted octanol–water partition coefficient (Wildman–Crippen LogP) is 1.83. The van der Waals surface area contributed by atoms with Crippen LogP contribution in [0.5, 0.6) is 0 Å². The zero-order valence-corrected chi connectivity index (χ0v) is 11.0. The normalized spacial score (nSPS) is 19.8. The lowest BCUT2D eigenvalue weighted by Crippen LogP contribution is -2.43. The standard InChI is InChI=1S/C14H18N4O/c1-2-10-9-18(7-8-19-10)14-13(15)16-11-5-3-4-6-12(11)17-14/h3-6,10H,2,7-9H2,1H3,(H2,15,16). The van der Waals surface area contributed by atoms with Crippen molar-refractivity contribution in [2.75, 3.05) is 30.3 Å². The molecule has 2 aromatic rings. The SMILES string of the molecule is CCC1CN(c2nc3ccccc3nc2N)CCO1. The number of morpholine rings is 1. The highest BCUT2D eigenvalue weighted by atomic mass is 16.5. The first-order valence-electron chi connectivity index (χ1n) is 6.66. The van der Waals surface area contributed by atoms with Crippen molar-refractivity contribution >= 4 is 22.7 Å². The van der Waals surface area contributed by atoms with E-state index in [9.17, 15) is 0 Å². The highest BCUT2D eigenvalue weighted by Crippen LogP contribution is 2.24. The third-order valence-electron chi connectivity index (χ3n) is 3.47. The van der Waals surface area contributed by atoms with Crippen LogP contribution in [0.25, 0.3) is 11.0 Å². The number of ether oxygens (including phenoxy) is 1. The fourth-order valence-corrected chi connectivity index (χ4v) is 2.40. The summed E-state index contributed by atoms with van der Waals surface area (Å²) in [5.74, 6) is 1.27. The van der Waals surface area contributed by atoms with Crippen LogP contribution in [0, 0.1) is 0 Å². The van der Waals surface area contributed by atoms with Gasteiger partial charge in [-0.15, -0.1) is 0 Å². The Hall–Kier alpha value is -1.88. The van der Waals surface area contributed by atoms with Crippen molar-refractivity contribution in [1.82, 2.24) is 9.97 Å². The molecule has 1 aliphatic heterocycles. The summed E-state index contributed by atoms with van der Waals surface area (Å²) in [4.78, 5) is 11.3. The van der Waals surface area contributed by atoms with Gasteiger partial charge in [0.15, 0.2) is 11.6 Å². The van der Waals surface area contributed by atoms with Crippen molar-refractivity contribution in [3.8, 4) is 0 Å². The van der Waals surface area contributed by atoms with E-state index in [1.54, 1.807) is 0 Å². The maximum absolute atomic E-state index is 6.05. The fraction of sp³-hybridized carbons (Fsp3) is 0.429. The van der Waals surface area contributed by atoms with Crippen molar-refractivity contribution < 1.29 is 4.74 Å². The highest BCUT2D eigenvalue weighted by Gasteiger charge is 2.22. The fourth-order valence-electron chi connectivity index (χ4n) is 2.40. The van der Waals surface area contributed by atoms with E-state index in [0.29, 0.717) is 12.4 Å². The van der Waals surface area contributed by atoms with Crippen LogP contribution in [-0.2, 0) is 4.74 Å². The second-order valence-electron chi connectivity index (χ2n) is 4.77. The molecule has 0 amide bonds. The second-order valence-corrected chi connectivity index (χ2v) is 4.77. The van der Waals surface area contributed by atoms with E-state index >= 15 is 0 Å². The van der Waals surface area contributed by atoms with E-state index in [2.05, 4.69) is 21.8 Å². The van der Waals surface area contributed by atoms with Crippen molar-refractivity contribution in [3.05, 3.63) is 24.3 Å². The molecular formula is C14H18N4O. The molecule has 0 spiro atoms. The van der Waals surface area contributed by atoms with Gasteiger partial charge in [0.1, 0.15) is 0 Å². The Morgan fingerprint density at radius 3 is 2.79 bits per heavy atom. The Morgan fingerprint density at radius 2 is 2.05 bits per heavy atom. The van der Waals surface area contributed by atoms with E-state index in [1.807, 2.05) is 24.3 Å². The van der Waals surface area contributed by atoms with Crippen molar-refractivity contribution in [1.29, 1.82) is 0 Å². The average Bonchev–Trinajstić information content (AvgIpc) is 2.46. The maximum Gasteiger partial charge on any atom is 0.172 e. The summed E-state index contributed by atoms with van der Waals surface area (Å²) in [5.41, 5.74) is 7.77. The lowest BCUT2D eigenvalue weighted by atomic mass is 10.2. The van der Waals surface area contributed by atoms with Crippen LogP contribution < -0.4 is 10.6 Å². The van der Waals surface area contributed by atoms with Gasteiger partial charge in [-0.25, -0.2) is 9.97 Å². The molecule has 1 aromatic heterocycles. The van der Waals surface area contributed by atoms with Gasteiger partial charge in [-0.2, -0.15) is 0 Å². The van der Waals surface area contributed by atoms with Crippen LogP contribution in [0.15, 0.2) is 24.3 Å². The number of para-hydroxylation sites is 2. The lowest BCUT2D eigenvalue weighted by Gasteiger charge is -2.33. The van der Waals surface area contributed by atoms with Crippen LogP contribution in [0.4, 0.5) is 11.6 Å². The minimum atomic E-state index is 0.251. The van der Waals surface area contributed by atoms with E-state index in [0.717, 1.165) is 36.4 Å². The molecule has 1 aliphatic rings. The Bertz CT molecular complexity index is 587. The summed E-state index contributed by atoms with van der Waals surface area (Å²) in [7, 11) is 0. The molecule has 0 aliphatic carbocycles. The van der Waals surface area contributed by atoms with Gasteiger partial charge in [0.05, 0.1) is 23.7 Å². The summed E-state index contributed by atoms with van der Waals surface area (Å²) in [5, 5.41) is 0. The molecule has 1 saturated heterocycles. The Morgan fingerprint density at radius 1 is 1.32 bits per heavy atom. The number of nitrogens with two attached hydrogens (primary N) is 1. The van der Waals surface area contributed by atoms with Gasteiger partial charge in [0.2, 0.25) is 0 Å². The van der Waals surface area contributed by atoms with Crippen LogP contribution in [0.3, 0.4) is 0 Å². The number of aromatic nitrogens is 2. The van der Waals surface area contributed by atoms with Crippen molar-refractivity contribution in [2.24, 2.45) is 0 Å². The molecule has 19 heavy (non-hydrogen) atoms. The van der Waals surface area contributed by atoms with Crippen LogP contribution in [0.2, 0.25) is 0 Å². The minimum absolute atomic E-state index is 0.251. The Kier molecular flexibility index (Phi) is 3.21. The number of nitrogens with zero attached hydrogens (tertiary/aromatic N) is 3. The number of nitrogen functional groups attached to an aromatic ring is 1. The van der Waals surface area contributed by atoms with Gasteiger partial charge in [0.25, 0.3) is 0 Å². The molecule has 1 fully saturated rings. The van der Waals surface area contributed by atoms with Crippen LogP contribution in [0.1, 0.15) is 13.3 Å². The Labute approximate surface area is 112 Å². The van der Waals surface area contributed by atoms with E-state index in [1.165, 1.54) is 0 Å². The number of hydrogen-bond donors (Lipinski definition) is 1. The summed E-state index contributed by atoms with van der Waals surface area (Å²) in [6.07, 6.45) is 1.25. The van der Waals surface area contributed by atoms with Gasteiger partial charge in [0, 0.05) is 13.1 Å². The van der Waals surface area contributed by atoms with Crippen LogP contribution in [-0.4, -0.2) is 35.8 Å². The maximum atomic E-state index is 6.05. The number of anilines is 2. The molecule has 0 saturated carbocycles. The summed E-state index contributed by atoms with van der Waals surface area (Å²) in [6.45, 7) is 4.48. The summed E-state index contributed by atoms with van der Waals surface area (Å²) < 4.78 is 5.68. The summed E-state index contributed by atoms with van der Waals surface area (Å²) in [6, 6.07) is 7.79. The zero-order valence-electron chi connectivity index (χ0n) is 11.0. The molecule has 100 valence electrons. The van der Waals surface area contributed by atoms with Crippen molar-refractivity contribution in [2.45, 2.75) is 19.4 Å². The lowest BCUT2D eigenvalue weighted by molar-refractivity contribution is 0.0382. The second kappa shape index (κ2) is 5.01. The number of rotatable bonds is 2.